The van der Waals surface area contributed by atoms with E-state index in [-0.39, 0.29) is 11.8 Å². The molecule has 0 spiro atoms. The highest BCUT2D eigenvalue weighted by Gasteiger charge is 2.25. The van der Waals surface area contributed by atoms with Gasteiger partial charge in [-0.3, -0.25) is 9.59 Å². The molecule has 4 aromatic carbocycles. The van der Waals surface area contributed by atoms with Gasteiger partial charge in [-0.25, -0.2) is 0 Å². The normalized spacial score (nSPS) is 11.6. The van der Waals surface area contributed by atoms with E-state index in [1.54, 1.807) is 0 Å². The first-order chi connectivity index (χ1) is 24.4. The summed E-state index contributed by atoms with van der Waals surface area (Å²) >= 11 is 0. The van der Waals surface area contributed by atoms with Crippen molar-refractivity contribution in [1.29, 1.82) is 0 Å². The van der Waals surface area contributed by atoms with Gasteiger partial charge < -0.3 is 9.80 Å². The third-order valence-corrected chi connectivity index (χ3v) is 10.7. The Bertz CT molecular complexity index is 1540. The van der Waals surface area contributed by atoms with Crippen LogP contribution in [0.4, 0.5) is 0 Å². The maximum atomic E-state index is 14.7. The molecule has 0 radical (unpaired) electrons. The number of rotatable bonds is 22. The van der Waals surface area contributed by atoms with Crippen LogP contribution in [0, 0.1) is 13.8 Å². The van der Waals surface area contributed by atoms with E-state index in [0.717, 1.165) is 132 Å². The van der Waals surface area contributed by atoms with Crippen LogP contribution in [-0.4, -0.2) is 47.8 Å². The Balaban J connectivity index is 1.89. The van der Waals surface area contributed by atoms with E-state index in [9.17, 15) is 9.59 Å². The minimum atomic E-state index is 0.127. The van der Waals surface area contributed by atoms with Gasteiger partial charge in [0, 0.05) is 37.3 Å². The van der Waals surface area contributed by atoms with Crippen molar-refractivity contribution in [3.63, 3.8) is 0 Å². The van der Waals surface area contributed by atoms with Gasteiger partial charge in [0.25, 0.3) is 11.8 Å². The van der Waals surface area contributed by atoms with Gasteiger partial charge in [-0.15, -0.1) is 0 Å². The first-order valence-corrected chi connectivity index (χ1v) is 20.3. The van der Waals surface area contributed by atoms with Crippen LogP contribution in [0.2, 0.25) is 0 Å². The Labute approximate surface area is 304 Å². The summed E-state index contributed by atoms with van der Waals surface area (Å²) in [5.41, 5.74) is 3.86. The molecule has 0 aromatic heterocycles. The standard InChI is InChI=1S/C46H66N2O2/c1-7-11-15-19-29-47(30-20-16-12-8-2)45(49)40-33-37-34-41(46(50)48(31-21-17-13-9-3)32-22-18-14-10-4)39-28-24-26-36(6)43(39)44(37)42-35(5)25-23-27-38(40)42/h23-28,33-34H,7-22,29-32H2,1-6H3. The topological polar surface area (TPSA) is 40.6 Å². The molecular weight excluding hydrogens is 613 g/mol. The average Bonchev–Trinajstić information content (AvgIpc) is 3.12. The van der Waals surface area contributed by atoms with Crippen LogP contribution in [0.15, 0.2) is 48.5 Å². The molecule has 0 fully saturated rings. The summed E-state index contributed by atoms with van der Waals surface area (Å²) in [7, 11) is 0. The van der Waals surface area contributed by atoms with Crippen molar-refractivity contribution < 1.29 is 9.59 Å². The Kier molecular flexibility index (Phi) is 16.1. The third-order valence-electron chi connectivity index (χ3n) is 10.7. The van der Waals surface area contributed by atoms with Crippen LogP contribution in [0.25, 0.3) is 32.3 Å². The summed E-state index contributed by atoms with van der Waals surface area (Å²) in [6, 6.07) is 17.0. The quantitative estimate of drug-likeness (QED) is 0.0613. The lowest BCUT2D eigenvalue weighted by atomic mass is 9.87. The zero-order valence-electron chi connectivity index (χ0n) is 32.5. The molecule has 0 bridgehead atoms. The molecule has 50 heavy (non-hydrogen) atoms. The van der Waals surface area contributed by atoms with E-state index in [1.165, 1.54) is 51.4 Å². The molecule has 4 rings (SSSR count). The molecule has 2 amide bonds. The zero-order chi connectivity index (χ0) is 35.9. The number of amides is 2. The third kappa shape index (κ3) is 9.89. The summed E-state index contributed by atoms with van der Waals surface area (Å²) in [6.07, 6.45) is 18.3. The Morgan fingerprint density at radius 3 is 1.12 bits per heavy atom. The van der Waals surface area contributed by atoms with Crippen LogP contribution in [0.3, 0.4) is 0 Å². The van der Waals surface area contributed by atoms with Gasteiger partial charge in [0.05, 0.1) is 0 Å². The van der Waals surface area contributed by atoms with Crippen molar-refractivity contribution in [2.45, 2.75) is 144 Å². The van der Waals surface area contributed by atoms with E-state index in [0.29, 0.717) is 0 Å². The van der Waals surface area contributed by atoms with Crippen LogP contribution in [0.1, 0.15) is 162 Å². The smallest absolute Gasteiger partial charge is 0.254 e. The van der Waals surface area contributed by atoms with Crippen molar-refractivity contribution >= 4 is 44.1 Å². The van der Waals surface area contributed by atoms with Crippen LogP contribution in [-0.2, 0) is 0 Å². The predicted molar refractivity (Wildman–Crippen MR) is 217 cm³/mol. The van der Waals surface area contributed by atoms with Gasteiger partial charge in [0.1, 0.15) is 0 Å². The minimum absolute atomic E-state index is 0.127. The maximum Gasteiger partial charge on any atom is 0.254 e. The lowest BCUT2D eigenvalue weighted by Gasteiger charge is -2.26. The Morgan fingerprint density at radius 2 is 0.800 bits per heavy atom. The van der Waals surface area contributed by atoms with Crippen molar-refractivity contribution in [1.82, 2.24) is 9.80 Å². The molecule has 0 unspecified atom stereocenters. The highest BCUT2D eigenvalue weighted by atomic mass is 16.2. The highest BCUT2D eigenvalue weighted by Crippen LogP contribution is 2.40. The molecule has 4 aromatic rings. The van der Waals surface area contributed by atoms with Gasteiger partial charge in [-0.05, 0) is 95.1 Å². The number of unbranched alkanes of at least 4 members (excludes halogenated alkanes) is 12. The lowest BCUT2D eigenvalue weighted by Crippen LogP contribution is -2.33. The van der Waals surface area contributed by atoms with Gasteiger partial charge in [-0.1, -0.05) is 141 Å². The highest BCUT2D eigenvalue weighted by molar-refractivity contribution is 6.28. The monoisotopic (exact) mass is 679 g/mol. The Morgan fingerprint density at radius 1 is 0.460 bits per heavy atom. The second-order valence-electron chi connectivity index (χ2n) is 14.8. The van der Waals surface area contributed by atoms with E-state index in [2.05, 4.69) is 99.9 Å². The SMILES string of the molecule is CCCCCCN(CCCCCC)C(=O)c1cc2cc(C(=O)N(CCCCCC)CCCCCC)c3cccc(C)c3c2c2c(C)cccc12. The van der Waals surface area contributed by atoms with Crippen molar-refractivity contribution in [2.75, 3.05) is 26.2 Å². The lowest BCUT2D eigenvalue weighted by molar-refractivity contribution is 0.0744. The molecule has 4 heteroatoms. The minimum Gasteiger partial charge on any atom is -0.339 e. The Hall–Kier alpha value is -3.40. The number of benzene rings is 4. The number of hydrogen-bond donors (Lipinski definition) is 0. The van der Waals surface area contributed by atoms with E-state index < -0.39 is 0 Å². The van der Waals surface area contributed by atoms with Crippen LogP contribution < -0.4 is 0 Å². The molecule has 0 aliphatic carbocycles. The fourth-order valence-electron chi connectivity index (χ4n) is 7.76. The van der Waals surface area contributed by atoms with Crippen molar-refractivity contribution in [3.8, 4) is 0 Å². The van der Waals surface area contributed by atoms with E-state index in [4.69, 9.17) is 0 Å². The largest absolute Gasteiger partial charge is 0.339 e. The number of carbonyl (C=O) groups is 2. The molecular formula is C46H66N2O2. The second kappa shape index (κ2) is 20.4. The number of aryl methyl sites for hydroxylation is 2. The zero-order valence-corrected chi connectivity index (χ0v) is 32.5. The van der Waals surface area contributed by atoms with Gasteiger partial charge in [0.15, 0.2) is 0 Å². The van der Waals surface area contributed by atoms with Crippen molar-refractivity contribution in [3.05, 3.63) is 70.8 Å². The summed E-state index contributed by atoms with van der Waals surface area (Å²) in [5.74, 6) is 0.253. The summed E-state index contributed by atoms with van der Waals surface area (Å²) in [6.45, 7) is 16.5. The molecule has 0 atom stereocenters. The predicted octanol–water partition coefficient (Wildman–Crippen LogP) is 13.0. The number of fused-ring (bicyclic) bond motifs is 5. The van der Waals surface area contributed by atoms with Crippen LogP contribution in [0.5, 0.6) is 0 Å². The molecule has 0 aliphatic rings. The summed E-state index contributed by atoms with van der Waals surface area (Å²) < 4.78 is 0. The van der Waals surface area contributed by atoms with E-state index >= 15 is 0 Å². The van der Waals surface area contributed by atoms with Gasteiger partial charge >= 0.3 is 0 Å². The first-order valence-electron chi connectivity index (χ1n) is 20.3. The molecule has 0 heterocycles. The van der Waals surface area contributed by atoms with Crippen LogP contribution >= 0.6 is 0 Å². The van der Waals surface area contributed by atoms with E-state index in [1.807, 2.05) is 0 Å². The van der Waals surface area contributed by atoms with Gasteiger partial charge in [0.2, 0.25) is 0 Å². The first kappa shape index (κ1) is 39.4. The molecule has 272 valence electrons. The number of carbonyl (C=O) groups excluding carboxylic acids is 2. The van der Waals surface area contributed by atoms with Gasteiger partial charge in [-0.2, -0.15) is 0 Å². The fourth-order valence-corrected chi connectivity index (χ4v) is 7.76. The fraction of sp³-hybridized carbons (Fsp3) is 0.565. The molecule has 4 nitrogen and oxygen atoms in total. The average molecular weight is 679 g/mol. The number of nitrogens with zero attached hydrogens (tertiary/aromatic N) is 2. The molecule has 0 saturated carbocycles. The van der Waals surface area contributed by atoms with Crippen molar-refractivity contribution in [2.24, 2.45) is 0 Å². The molecule has 0 saturated heterocycles. The summed E-state index contributed by atoms with van der Waals surface area (Å²) in [4.78, 5) is 33.6. The summed E-state index contributed by atoms with van der Waals surface area (Å²) in [5, 5.41) is 6.47. The molecule has 0 N–H and O–H groups in total. The second-order valence-corrected chi connectivity index (χ2v) is 14.8. The molecule has 0 aliphatic heterocycles. The number of hydrogen-bond acceptors (Lipinski definition) is 2. The maximum absolute atomic E-state index is 14.7.